The predicted octanol–water partition coefficient (Wildman–Crippen LogP) is 1.91. The smallest absolute Gasteiger partial charge is 0.252 e. The Hall–Kier alpha value is -0.740. The highest BCUT2D eigenvalue weighted by atomic mass is 79.9. The maximum atomic E-state index is 12.7. The van der Waals surface area contributed by atoms with E-state index in [1.807, 2.05) is 7.05 Å². The first-order chi connectivity index (χ1) is 9.98. The molecule has 1 fully saturated rings. The van der Waals surface area contributed by atoms with Crippen molar-refractivity contribution in [3.05, 3.63) is 34.1 Å². The largest absolute Gasteiger partial charge is 0.347 e. The summed E-state index contributed by atoms with van der Waals surface area (Å²) in [6.07, 6.45) is 3.44. The van der Waals surface area contributed by atoms with Gasteiger partial charge in [0.1, 0.15) is 10.0 Å². The van der Waals surface area contributed by atoms with Crippen LogP contribution < -0.4 is 0 Å². The maximum Gasteiger partial charge on any atom is 0.252 e. The van der Waals surface area contributed by atoms with Gasteiger partial charge in [0.15, 0.2) is 0 Å². The van der Waals surface area contributed by atoms with E-state index in [0.29, 0.717) is 23.8 Å². The van der Waals surface area contributed by atoms with Gasteiger partial charge in [0.25, 0.3) is 10.0 Å². The standard InChI is InChI=1S/C12H15BrN4O2S2/c1-16-6-7-17(8-9(16)12-14-4-5-15-12)21(18,19)11-3-2-10(13)20-11/h2-5,9H,6-8H2,1H3,(H,14,15)/t9-/m0/s1. The molecule has 1 aliphatic heterocycles. The molecule has 0 unspecified atom stereocenters. The molecule has 1 aliphatic rings. The van der Waals surface area contributed by atoms with Crippen LogP contribution in [0.4, 0.5) is 0 Å². The molecule has 0 bridgehead atoms. The molecule has 21 heavy (non-hydrogen) atoms. The predicted molar refractivity (Wildman–Crippen MR) is 84.7 cm³/mol. The van der Waals surface area contributed by atoms with Crippen molar-refractivity contribution < 1.29 is 8.42 Å². The number of nitrogens with zero attached hydrogens (tertiary/aromatic N) is 3. The third-order valence-corrected chi connectivity index (χ3v) is 7.54. The average Bonchev–Trinajstić information content (AvgIpc) is 3.10. The summed E-state index contributed by atoms with van der Waals surface area (Å²) in [5, 5.41) is 0. The highest BCUT2D eigenvalue weighted by Crippen LogP contribution is 2.31. The molecule has 1 saturated heterocycles. The number of aromatic nitrogens is 2. The molecule has 2 aromatic heterocycles. The molecule has 0 saturated carbocycles. The number of aromatic amines is 1. The second-order valence-corrected chi connectivity index (χ2v) is 9.52. The molecule has 6 nitrogen and oxygen atoms in total. The number of piperazine rings is 1. The van der Waals surface area contributed by atoms with Gasteiger partial charge in [-0.2, -0.15) is 4.31 Å². The summed E-state index contributed by atoms with van der Waals surface area (Å²) >= 11 is 4.55. The Bertz CT molecular complexity index is 713. The minimum Gasteiger partial charge on any atom is -0.347 e. The molecular formula is C12H15BrN4O2S2. The molecule has 3 rings (SSSR count). The molecule has 9 heteroatoms. The van der Waals surface area contributed by atoms with Gasteiger partial charge < -0.3 is 4.98 Å². The number of thiophene rings is 1. The number of imidazole rings is 1. The van der Waals surface area contributed by atoms with Crippen LogP contribution in [-0.4, -0.2) is 54.3 Å². The third-order valence-electron chi connectivity index (χ3n) is 3.59. The number of hydrogen-bond donors (Lipinski definition) is 1. The lowest BCUT2D eigenvalue weighted by molar-refractivity contribution is 0.143. The number of nitrogens with one attached hydrogen (secondary N) is 1. The van der Waals surface area contributed by atoms with E-state index in [-0.39, 0.29) is 6.04 Å². The van der Waals surface area contributed by atoms with Gasteiger partial charge in [0.05, 0.1) is 9.83 Å². The second-order valence-electron chi connectivity index (χ2n) is 4.89. The number of rotatable bonds is 3. The van der Waals surface area contributed by atoms with Gasteiger partial charge in [0.2, 0.25) is 0 Å². The van der Waals surface area contributed by atoms with E-state index >= 15 is 0 Å². The van der Waals surface area contributed by atoms with E-state index in [2.05, 4.69) is 30.8 Å². The van der Waals surface area contributed by atoms with Crippen LogP contribution in [0.5, 0.6) is 0 Å². The van der Waals surface area contributed by atoms with Crippen LogP contribution in [0.15, 0.2) is 32.5 Å². The average molecular weight is 391 g/mol. The number of hydrogen-bond acceptors (Lipinski definition) is 5. The highest BCUT2D eigenvalue weighted by molar-refractivity contribution is 9.11. The van der Waals surface area contributed by atoms with E-state index < -0.39 is 10.0 Å². The van der Waals surface area contributed by atoms with Gasteiger partial charge in [-0.05, 0) is 35.1 Å². The summed E-state index contributed by atoms with van der Waals surface area (Å²) in [6, 6.07) is 3.36. The van der Waals surface area contributed by atoms with E-state index in [1.54, 1.807) is 28.8 Å². The van der Waals surface area contributed by atoms with Crippen LogP contribution in [0, 0.1) is 0 Å². The SMILES string of the molecule is CN1CCN(S(=O)(=O)c2ccc(Br)s2)C[C@H]1c1ncc[nH]1. The van der Waals surface area contributed by atoms with Crippen molar-refractivity contribution >= 4 is 37.3 Å². The molecule has 1 N–H and O–H groups in total. The summed E-state index contributed by atoms with van der Waals surface area (Å²) in [5.41, 5.74) is 0. The van der Waals surface area contributed by atoms with Gasteiger partial charge in [-0.25, -0.2) is 13.4 Å². The van der Waals surface area contributed by atoms with Crippen molar-refractivity contribution in [2.45, 2.75) is 10.3 Å². The normalized spacial score (nSPS) is 21.7. The second kappa shape index (κ2) is 5.81. The van der Waals surface area contributed by atoms with Gasteiger partial charge in [0, 0.05) is 32.0 Å². The monoisotopic (exact) mass is 390 g/mol. The minimum atomic E-state index is -3.44. The molecular weight excluding hydrogens is 376 g/mol. The molecule has 114 valence electrons. The van der Waals surface area contributed by atoms with E-state index in [9.17, 15) is 8.42 Å². The van der Waals surface area contributed by atoms with Crippen LogP contribution in [0.2, 0.25) is 0 Å². The molecule has 0 radical (unpaired) electrons. The van der Waals surface area contributed by atoms with Gasteiger partial charge in [-0.15, -0.1) is 11.3 Å². The first-order valence-corrected chi connectivity index (χ1v) is 9.48. The zero-order valence-electron chi connectivity index (χ0n) is 11.4. The first-order valence-electron chi connectivity index (χ1n) is 6.43. The van der Waals surface area contributed by atoms with E-state index in [1.165, 1.54) is 11.3 Å². The maximum absolute atomic E-state index is 12.7. The topological polar surface area (TPSA) is 69.3 Å². The van der Waals surface area contributed by atoms with Crippen molar-refractivity contribution in [2.24, 2.45) is 0 Å². The Kier molecular flexibility index (Phi) is 4.19. The zero-order chi connectivity index (χ0) is 15.0. The number of halogens is 1. The Labute approximate surface area is 136 Å². The van der Waals surface area contributed by atoms with Crippen molar-refractivity contribution in [2.75, 3.05) is 26.7 Å². The quantitative estimate of drug-likeness (QED) is 0.868. The van der Waals surface area contributed by atoms with Crippen molar-refractivity contribution in [1.29, 1.82) is 0 Å². The zero-order valence-corrected chi connectivity index (χ0v) is 14.6. The van der Waals surface area contributed by atoms with Gasteiger partial charge >= 0.3 is 0 Å². The van der Waals surface area contributed by atoms with Crippen LogP contribution in [0.1, 0.15) is 11.9 Å². The highest BCUT2D eigenvalue weighted by Gasteiger charge is 2.35. The molecule has 0 amide bonds. The summed E-state index contributed by atoms with van der Waals surface area (Å²) in [4.78, 5) is 9.45. The number of sulfonamides is 1. The lowest BCUT2D eigenvalue weighted by Gasteiger charge is -2.37. The van der Waals surface area contributed by atoms with Gasteiger partial charge in [-0.1, -0.05) is 0 Å². The first kappa shape index (κ1) is 15.2. The van der Waals surface area contributed by atoms with E-state index in [0.717, 1.165) is 9.61 Å². The summed E-state index contributed by atoms with van der Waals surface area (Å²) < 4.78 is 28.1. The fraction of sp³-hybridized carbons (Fsp3) is 0.417. The molecule has 0 aromatic carbocycles. The summed E-state index contributed by atoms with van der Waals surface area (Å²) in [5.74, 6) is 0.796. The Balaban J connectivity index is 1.86. The lowest BCUT2D eigenvalue weighted by atomic mass is 10.2. The van der Waals surface area contributed by atoms with Crippen LogP contribution >= 0.6 is 27.3 Å². The Morgan fingerprint density at radius 1 is 1.43 bits per heavy atom. The number of H-pyrrole nitrogens is 1. The molecule has 2 aromatic rings. The molecule has 0 spiro atoms. The van der Waals surface area contributed by atoms with Crippen LogP contribution in [-0.2, 0) is 10.0 Å². The van der Waals surface area contributed by atoms with Crippen molar-refractivity contribution in [3.63, 3.8) is 0 Å². The van der Waals surface area contributed by atoms with Crippen molar-refractivity contribution in [3.8, 4) is 0 Å². The summed E-state index contributed by atoms with van der Waals surface area (Å²) in [6.45, 7) is 1.57. The Morgan fingerprint density at radius 3 is 2.86 bits per heavy atom. The minimum absolute atomic E-state index is 0.0491. The molecule has 1 atom stereocenters. The lowest BCUT2D eigenvalue weighted by Crippen LogP contribution is -2.49. The molecule has 0 aliphatic carbocycles. The fourth-order valence-corrected chi connectivity index (χ4v) is 5.99. The van der Waals surface area contributed by atoms with Crippen LogP contribution in [0.25, 0.3) is 0 Å². The van der Waals surface area contributed by atoms with Crippen molar-refractivity contribution in [1.82, 2.24) is 19.2 Å². The fourth-order valence-electron chi connectivity index (χ4n) is 2.39. The third kappa shape index (κ3) is 2.93. The molecule has 3 heterocycles. The van der Waals surface area contributed by atoms with E-state index in [4.69, 9.17) is 0 Å². The number of likely N-dealkylation sites (N-methyl/N-ethyl adjacent to an activating group) is 1. The van der Waals surface area contributed by atoms with Gasteiger partial charge in [-0.3, -0.25) is 4.90 Å². The Morgan fingerprint density at radius 2 is 2.24 bits per heavy atom. The summed E-state index contributed by atoms with van der Waals surface area (Å²) in [7, 11) is -1.45. The van der Waals surface area contributed by atoms with Crippen LogP contribution in [0.3, 0.4) is 0 Å².